The number of nitrogens with one attached hydrogen (secondary N) is 3. The molecule has 0 spiro atoms. The highest BCUT2D eigenvalue weighted by Gasteiger charge is 2.20. The number of hydrogen-bond donors (Lipinski definition) is 3. The molecule has 0 aliphatic heterocycles. The topological polar surface area (TPSA) is 113 Å². The number of sulfonamides is 1. The summed E-state index contributed by atoms with van der Waals surface area (Å²) in [6, 6.07) is 7.17. The molecule has 0 aliphatic rings. The molecule has 0 bridgehead atoms. The lowest BCUT2D eigenvalue weighted by Gasteiger charge is -2.15. The lowest BCUT2D eigenvalue weighted by molar-refractivity contribution is 0.588. The van der Waals surface area contributed by atoms with E-state index in [1.807, 2.05) is 0 Å². The van der Waals surface area contributed by atoms with Crippen molar-refractivity contribution in [1.29, 1.82) is 0 Å². The van der Waals surface area contributed by atoms with Gasteiger partial charge in [-0.05, 0) is 36.8 Å². The molecule has 0 atom stereocenters. The van der Waals surface area contributed by atoms with E-state index in [0.29, 0.717) is 28.7 Å². The number of rotatable bonds is 7. The normalized spacial score (nSPS) is 11.6. The highest BCUT2D eigenvalue weighted by molar-refractivity contribution is 7.92. The van der Waals surface area contributed by atoms with Crippen LogP contribution in [0.4, 0.5) is 26.0 Å². The fraction of sp³-hybridized carbons (Fsp3) is 0.150. The van der Waals surface area contributed by atoms with E-state index in [1.165, 1.54) is 12.5 Å². The molecule has 0 fully saturated rings. The standard InChI is InChI=1S/C20H18F2N6O2S/c1-2-10-31(29,30)28-15-6-5-14(21)18(16(15)22)27-20-12(4-3-8-23-20)17-13-7-9-24-19(13)26-11-25-17/h3-9,11,28H,2,10H2,1H3,(H,23,27)(H,24,25,26). The molecule has 4 rings (SSSR count). The summed E-state index contributed by atoms with van der Waals surface area (Å²) in [6.07, 6.45) is 4.89. The summed E-state index contributed by atoms with van der Waals surface area (Å²) >= 11 is 0. The summed E-state index contributed by atoms with van der Waals surface area (Å²) in [5.41, 5.74) is 0.720. The molecular weight excluding hydrogens is 426 g/mol. The van der Waals surface area contributed by atoms with E-state index in [4.69, 9.17) is 0 Å². The molecule has 3 heterocycles. The van der Waals surface area contributed by atoms with Crippen LogP contribution in [0.1, 0.15) is 13.3 Å². The van der Waals surface area contributed by atoms with Crippen LogP contribution < -0.4 is 10.0 Å². The second-order valence-corrected chi connectivity index (χ2v) is 8.53. The van der Waals surface area contributed by atoms with E-state index in [-0.39, 0.29) is 17.3 Å². The van der Waals surface area contributed by atoms with Crippen LogP contribution in [-0.4, -0.2) is 34.1 Å². The van der Waals surface area contributed by atoms with Crippen LogP contribution in [0.2, 0.25) is 0 Å². The van der Waals surface area contributed by atoms with Crippen molar-refractivity contribution in [3.8, 4) is 11.3 Å². The van der Waals surface area contributed by atoms with Crippen LogP contribution in [0.15, 0.2) is 49.1 Å². The molecule has 11 heteroatoms. The van der Waals surface area contributed by atoms with Crippen molar-refractivity contribution in [2.45, 2.75) is 13.3 Å². The first-order chi connectivity index (χ1) is 14.9. The Morgan fingerprint density at radius 3 is 2.74 bits per heavy atom. The summed E-state index contributed by atoms with van der Waals surface area (Å²) in [7, 11) is -3.75. The Kier molecular flexibility index (Phi) is 5.51. The molecule has 0 saturated heterocycles. The van der Waals surface area contributed by atoms with Crippen molar-refractivity contribution in [3.63, 3.8) is 0 Å². The smallest absolute Gasteiger partial charge is 0.232 e. The Morgan fingerprint density at radius 1 is 1.10 bits per heavy atom. The highest BCUT2D eigenvalue weighted by atomic mass is 32.2. The highest BCUT2D eigenvalue weighted by Crippen LogP contribution is 2.34. The van der Waals surface area contributed by atoms with Crippen LogP contribution >= 0.6 is 0 Å². The predicted molar refractivity (Wildman–Crippen MR) is 114 cm³/mol. The molecule has 8 nitrogen and oxygen atoms in total. The second-order valence-electron chi connectivity index (χ2n) is 6.69. The first-order valence-electron chi connectivity index (χ1n) is 9.38. The number of halogens is 2. The third-order valence-electron chi connectivity index (χ3n) is 4.49. The lowest BCUT2D eigenvalue weighted by atomic mass is 10.1. The largest absolute Gasteiger partial charge is 0.346 e. The van der Waals surface area contributed by atoms with Crippen molar-refractivity contribution in [3.05, 3.63) is 60.7 Å². The summed E-state index contributed by atoms with van der Waals surface area (Å²) in [6.45, 7) is 1.68. The van der Waals surface area contributed by atoms with Crippen molar-refractivity contribution >= 4 is 38.2 Å². The quantitative estimate of drug-likeness (QED) is 0.394. The van der Waals surface area contributed by atoms with Crippen molar-refractivity contribution in [2.24, 2.45) is 0 Å². The monoisotopic (exact) mass is 444 g/mol. The minimum atomic E-state index is -3.75. The van der Waals surface area contributed by atoms with Gasteiger partial charge in [0.1, 0.15) is 29.3 Å². The van der Waals surface area contributed by atoms with E-state index < -0.39 is 27.3 Å². The molecule has 0 radical (unpaired) electrons. The van der Waals surface area contributed by atoms with Crippen molar-refractivity contribution in [2.75, 3.05) is 15.8 Å². The van der Waals surface area contributed by atoms with E-state index in [9.17, 15) is 12.8 Å². The molecule has 0 saturated carbocycles. The molecule has 1 aromatic carbocycles. The molecule has 31 heavy (non-hydrogen) atoms. The van der Waals surface area contributed by atoms with Crippen LogP contribution in [0.3, 0.4) is 0 Å². The van der Waals surface area contributed by atoms with Gasteiger partial charge >= 0.3 is 0 Å². The first kappa shape index (κ1) is 20.7. The Balaban J connectivity index is 1.76. The first-order valence-corrected chi connectivity index (χ1v) is 11.0. The number of fused-ring (bicyclic) bond motifs is 1. The summed E-state index contributed by atoms with van der Waals surface area (Å²) in [5, 5.41) is 3.36. The number of nitrogens with zero attached hydrogens (tertiary/aromatic N) is 3. The third kappa shape index (κ3) is 4.17. The van der Waals surface area contributed by atoms with Gasteiger partial charge < -0.3 is 10.3 Å². The van der Waals surface area contributed by atoms with Gasteiger partial charge in [-0.1, -0.05) is 6.92 Å². The zero-order valence-corrected chi connectivity index (χ0v) is 17.2. The molecule has 3 aromatic heterocycles. The van der Waals surface area contributed by atoms with E-state index in [2.05, 4.69) is 30.0 Å². The molecular formula is C20H18F2N6O2S. The zero-order chi connectivity index (χ0) is 22.0. The average molecular weight is 444 g/mol. The zero-order valence-electron chi connectivity index (χ0n) is 16.4. The average Bonchev–Trinajstić information content (AvgIpc) is 3.22. The third-order valence-corrected chi connectivity index (χ3v) is 5.97. The summed E-state index contributed by atoms with van der Waals surface area (Å²) < 4.78 is 55.7. The fourth-order valence-electron chi connectivity index (χ4n) is 3.13. The number of aromatic nitrogens is 4. The molecule has 160 valence electrons. The molecule has 3 N–H and O–H groups in total. The van der Waals surface area contributed by atoms with Gasteiger partial charge in [0.15, 0.2) is 5.82 Å². The maximum atomic E-state index is 15.0. The number of benzene rings is 1. The van der Waals surface area contributed by atoms with E-state index in [0.717, 1.165) is 12.1 Å². The molecule has 0 amide bonds. The minimum absolute atomic E-state index is 0.148. The van der Waals surface area contributed by atoms with E-state index >= 15 is 4.39 Å². The number of pyridine rings is 1. The van der Waals surface area contributed by atoms with Gasteiger partial charge in [0.05, 0.1) is 17.1 Å². The van der Waals surface area contributed by atoms with Crippen LogP contribution in [0, 0.1) is 11.6 Å². The summed E-state index contributed by atoms with van der Waals surface area (Å²) in [5.74, 6) is -2.01. The fourth-order valence-corrected chi connectivity index (χ4v) is 4.27. The number of aromatic amines is 1. The van der Waals surface area contributed by atoms with Crippen molar-refractivity contribution in [1.82, 2.24) is 19.9 Å². The lowest BCUT2D eigenvalue weighted by Crippen LogP contribution is -2.17. The summed E-state index contributed by atoms with van der Waals surface area (Å²) in [4.78, 5) is 15.6. The van der Waals surface area contributed by atoms with Gasteiger partial charge in [0.25, 0.3) is 0 Å². The SMILES string of the molecule is CCCS(=O)(=O)Nc1ccc(F)c(Nc2ncccc2-c2ncnc3[nH]ccc23)c1F. The molecule has 0 unspecified atom stereocenters. The molecule has 4 aromatic rings. The van der Waals surface area contributed by atoms with E-state index in [1.54, 1.807) is 31.3 Å². The Morgan fingerprint density at radius 2 is 1.94 bits per heavy atom. The maximum absolute atomic E-state index is 15.0. The number of H-pyrrole nitrogens is 1. The Labute approximate surface area is 176 Å². The van der Waals surface area contributed by atoms with Crippen LogP contribution in [0.5, 0.6) is 0 Å². The van der Waals surface area contributed by atoms with Gasteiger partial charge in [-0.2, -0.15) is 0 Å². The number of hydrogen-bond acceptors (Lipinski definition) is 6. The maximum Gasteiger partial charge on any atom is 0.232 e. The van der Waals surface area contributed by atoms with Gasteiger partial charge in [-0.25, -0.2) is 32.2 Å². The Hall–Kier alpha value is -3.60. The number of anilines is 3. The van der Waals surface area contributed by atoms with Crippen molar-refractivity contribution < 1.29 is 17.2 Å². The van der Waals surface area contributed by atoms with Gasteiger partial charge in [-0.3, -0.25) is 4.72 Å². The van der Waals surface area contributed by atoms with Gasteiger partial charge in [0, 0.05) is 23.3 Å². The molecule has 0 aliphatic carbocycles. The minimum Gasteiger partial charge on any atom is -0.346 e. The van der Waals surface area contributed by atoms with Gasteiger partial charge in [0.2, 0.25) is 10.0 Å². The predicted octanol–water partition coefficient (Wildman–Crippen LogP) is 4.19. The van der Waals surface area contributed by atoms with Crippen LogP contribution in [-0.2, 0) is 10.0 Å². The van der Waals surface area contributed by atoms with Gasteiger partial charge in [-0.15, -0.1) is 0 Å². The second kappa shape index (κ2) is 8.26. The Bertz CT molecular complexity index is 1360. The van der Waals surface area contributed by atoms with Crippen LogP contribution in [0.25, 0.3) is 22.3 Å².